The van der Waals surface area contributed by atoms with Gasteiger partial charge in [0, 0.05) is 26.2 Å². The van der Waals surface area contributed by atoms with Gasteiger partial charge in [-0.1, -0.05) is 38.1 Å². The number of rotatable bonds is 8. The Hall–Kier alpha value is -2.38. The van der Waals surface area contributed by atoms with Gasteiger partial charge >= 0.3 is 0 Å². The molecule has 0 aliphatic carbocycles. The third-order valence-corrected chi connectivity index (χ3v) is 5.77. The van der Waals surface area contributed by atoms with E-state index in [4.69, 9.17) is 4.74 Å². The fourth-order valence-electron chi connectivity index (χ4n) is 2.37. The first-order chi connectivity index (χ1) is 12.7. The van der Waals surface area contributed by atoms with Gasteiger partial charge in [0.2, 0.25) is 10.0 Å². The lowest BCUT2D eigenvalue weighted by atomic mass is 10.2. The van der Waals surface area contributed by atoms with E-state index in [2.05, 4.69) is 19.2 Å². The number of nitrogens with zero attached hydrogens (tertiary/aromatic N) is 1. The summed E-state index contributed by atoms with van der Waals surface area (Å²) < 4.78 is 31.7. The topological polar surface area (TPSA) is 75.7 Å². The van der Waals surface area contributed by atoms with E-state index in [1.807, 2.05) is 0 Å². The van der Waals surface area contributed by atoms with Gasteiger partial charge in [-0.2, -0.15) is 0 Å². The molecule has 1 amide bonds. The summed E-state index contributed by atoms with van der Waals surface area (Å²) in [5, 5.41) is 2.78. The molecule has 0 bridgehead atoms. The van der Waals surface area contributed by atoms with Crippen LogP contribution in [0.15, 0.2) is 53.4 Å². The van der Waals surface area contributed by atoms with E-state index in [1.165, 1.54) is 20.2 Å². The van der Waals surface area contributed by atoms with Crippen LogP contribution in [0.2, 0.25) is 0 Å². The first-order valence-electron chi connectivity index (χ1n) is 8.73. The Labute approximate surface area is 161 Å². The highest BCUT2D eigenvalue weighted by atomic mass is 32.2. The number of amides is 1. The molecule has 0 aliphatic rings. The van der Waals surface area contributed by atoms with Crippen molar-refractivity contribution in [1.82, 2.24) is 9.62 Å². The van der Waals surface area contributed by atoms with Crippen LogP contribution >= 0.6 is 0 Å². The third-order valence-electron chi connectivity index (χ3n) is 3.85. The number of nitrogens with one attached hydrogen (secondary N) is 1. The SMILES string of the molecule is CC(C)COc1cccc(C(=O)NCc2ccccc2S(=O)(=O)N(C)C)c1. The number of ether oxygens (including phenoxy) is 1. The highest BCUT2D eigenvalue weighted by molar-refractivity contribution is 7.89. The Morgan fingerprint density at radius 1 is 1.11 bits per heavy atom. The summed E-state index contributed by atoms with van der Waals surface area (Å²) in [4.78, 5) is 12.7. The molecule has 6 nitrogen and oxygen atoms in total. The summed E-state index contributed by atoms with van der Waals surface area (Å²) >= 11 is 0. The van der Waals surface area contributed by atoms with Crippen molar-refractivity contribution in [1.29, 1.82) is 0 Å². The first kappa shape index (κ1) is 20.9. The zero-order chi connectivity index (χ0) is 20.0. The molecule has 2 aromatic rings. The van der Waals surface area contributed by atoms with Crippen molar-refractivity contribution in [2.24, 2.45) is 5.92 Å². The van der Waals surface area contributed by atoms with E-state index >= 15 is 0 Å². The van der Waals surface area contributed by atoms with Crippen LogP contribution in [0.3, 0.4) is 0 Å². The monoisotopic (exact) mass is 390 g/mol. The van der Waals surface area contributed by atoms with Crippen molar-refractivity contribution < 1.29 is 17.9 Å². The Balaban J connectivity index is 2.12. The van der Waals surface area contributed by atoms with Crippen molar-refractivity contribution >= 4 is 15.9 Å². The largest absolute Gasteiger partial charge is 0.493 e. The van der Waals surface area contributed by atoms with Gasteiger partial charge in [0.15, 0.2) is 0 Å². The molecule has 0 aliphatic heterocycles. The van der Waals surface area contributed by atoms with E-state index in [0.717, 1.165) is 4.31 Å². The minimum atomic E-state index is -3.58. The highest BCUT2D eigenvalue weighted by Gasteiger charge is 2.21. The molecular weight excluding hydrogens is 364 g/mol. The zero-order valence-electron chi connectivity index (χ0n) is 16.1. The molecule has 0 saturated heterocycles. The molecule has 0 unspecified atom stereocenters. The molecule has 0 radical (unpaired) electrons. The van der Waals surface area contributed by atoms with Crippen LogP contribution in [-0.2, 0) is 16.6 Å². The molecule has 0 aromatic heterocycles. The van der Waals surface area contributed by atoms with Gasteiger partial charge < -0.3 is 10.1 Å². The normalized spacial score (nSPS) is 11.6. The van der Waals surface area contributed by atoms with E-state index < -0.39 is 10.0 Å². The average Bonchev–Trinajstić information content (AvgIpc) is 2.64. The Morgan fingerprint density at radius 3 is 2.48 bits per heavy atom. The number of carbonyl (C=O) groups excluding carboxylic acids is 1. The third kappa shape index (κ3) is 5.55. The second-order valence-electron chi connectivity index (χ2n) is 6.81. The van der Waals surface area contributed by atoms with Crippen molar-refractivity contribution in [3.05, 3.63) is 59.7 Å². The van der Waals surface area contributed by atoms with Gasteiger partial charge in [-0.3, -0.25) is 4.79 Å². The van der Waals surface area contributed by atoms with Gasteiger partial charge in [0.1, 0.15) is 5.75 Å². The van der Waals surface area contributed by atoms with Crippen LogP contribution in [0.1, 0.15) is 29.8 Å². The Bertz CT molecular complexity index is 892. The van der Waals surface area contributed by atoms with E-state index in [9.17, 15) is 13.2 Å². The molecular formula is C20H26N2O4S. The lowest BCUT2D eigenvalue weighted by Gasteiger charge is -2.15. The molecule has 1 N–H and O–H groups in total. The highest BCUT2D eigenvalue weighted by Crippen LogP contribution is 2.19. The second kappa shape index (κ2) is 9.01. The molecule has 0 heterocycles. The van der Waals surface area contributed by atoms with Gasteiger partial charge in [0.05, 0.1) is 11.5 Å². The lowest BCUT2D eigenvalue weighted by Crippen LogP contribution is -2.27. The second-order valence-corrected chi connectivity index (χ2v) is 8.93. The zero-order valence-corrected chi connectivity index (χ0v) is 16.9. The summed E-state index contributed by atoms with van der Waals surface area (Å²) in [6, 6.07) is 13.6. The van der Waals surface area contributed by atoms with Crippen LogP contribution < -0.4 is 10.1 Å². The maximum Gasteiger partial charge on any atom is 0.251 e. The molecule has 27 heavy (non-hydrogen) atoms. The van der Waals surface area contributed by atoms with Crippen LogP contribution in [0.25, 0.3) is 0 Å². The Kier molecular flexibility index (Phi) is 6.98. The number of benzene rings is 2. The van der Waals surface area contributed by atoms with Crippen LogP contribution in [0, 0.1) is 5.92 Å². The molecule has 2 aromatic carbocycles. The maximum atomic E-state index is 12.5. The lowest BCUT2D eigenvalue weighted by molar-refractivity contribution is 0.0950. The Morgan fingerprint density at radius 2 is 1.81 bits per heavy atom. The van der Waals surface area contributed by atoms with Crippen LogP contribution in [0.5, 0.6) is 5.75 Å². The quantitative estimate of drug-likeness (QED) is 0.752. The maximum absolute atomic E-state index is 12.5. The van der Waals surface area contributed by atoms with Gasteiger partial charge in [-0.25, -0.2) is 12.7 Å². The summed E-state index contributed by atoms with van der Waals surface area (Å²) in [6.07, 6.45) is 0. The van der Waals surface area contributed by atoms with Crippen LogP contribution in [0.4, 0.5) is 0 Å². The minimum Gasteiger partial charge on any atom is -0.493 e. The number of hydrogen-bond donors (Lipinski definition) is 1. The van der Waals surface area contributed by atoms with Crippen molar-refractivity contribution in [2.45, 2.75) is 25.3 Å². The van der Waals surface area contributed by atoms with Crippen molar-refractivity contribution in [3.63, 3.8) is 0 Å². The predicted octanol–water partition coefficient (Wildman–Crippen LogP) is 2.90. The fourth-order valence-corrected chi connectivity index (χ4v) is 3.48. The molecule has 0 atom stereocenters. The average molecular weight is 391 g/mol. The minimum absolute atomic E-state index is 0.110. The molecule has 0 spiro atoms. The summed E-state index contributed by atoms with van der Waals surface area (Å²) in [5.41, 5.74) is 0.996. The smallest absolute Gasteiger partial charge is 0.251 e. The molecule has 0 saturated carbocycles. The van der Waals surface area contributed by atoms with Gasteiger partial charge in [-0.15, -0.1) is 0 Å². The summed E-state index contributed by atoms with van der Waals surface area (Å²) in [6.45, 7) is 4.78. The van der Waals surface area contributed by atoms with Crippen molar-refractivity contribution in [3.8, 4) is 5.75 Å². The summed E-state index contributed by atoms with van der Waals surface area (Å²) in [7, 11) is -0.621. The fraction of sp³-hybridized carbons (Fsp3) is 0.350. The summed E-state index contributed by atoms with van der Waals surface area (Å²) in [5.74, 6) is 0.728. The predicted molar refractivity (Wildman–Crippen MR) is 105 cm³/mol. The molecule has 2 rings (SSSR count). The number of carbonyl (C=O) groups is 1. The number of hydrogen-bond acceptors (Lipinski definition) is 4. The van der Waals surface area contributed by atoms with E-state index in [-0.39, 0.29) is 17.3 Å². The molecule has 146 valence electrons. The molecule has 7 heteroatoms. The first-order valence-corrected chi connectivity index (χ1v) is 10.2. The van der Waals surface area contributed by atoms with Gasteiger partial charge in [-0.05, 0) is 35.7 Å². The van der Waals surface area contributed by atoms with E-state index in [0.29, 0.717) is 29.4 Å². The van der Waals surface area contributed by atoms with Gasteiger partial charge in [0.25, 0.3) is 5.91 Å². The van der Waals surface area contributed by atoms with E-state index in [1.54, 1.807) is 42.5 Å². The number of sulfonamides is 1. The van der Waals surface area contributed by atoms with Crippen molar-refractivity contribution in [2.75, 3.05) is 20.7 Å². The van der Waals surface area contributed by atoms with Crippen LogP contribution in [-0.4, -0.2) is 39.3 Å². The standard InChI is InChI=1S/C20H26N2O4S/c1-15(2)14-26-18-10-7-9-16(12-18)20(23)21-13-17-8-5-6-11-19(17)27(24,25)22(3)4/h5-12,15H,13-14H2,1-4H3,(H,21,23). The molecule has 0 fully saturated rings.